The Hall–Kier alpha value is -3.09. The van der Waals surface area contributed by atoms with Crippen molar-refractivity contribution in [2.24, 2.45) is 5.92 Å². The van der Waals surface area contributed by atoms with Crippen LogP contribution in [0.5, 0.6) is 5.75 Å². The normalized spacial score (nSPS) is 12.4. The van der Waals surface area contributed by atoms with Crippen molar-refractivity contribution in [1.29, 1.82) is 0 Å². The molecular formula is C23H30N4O3. The number of para-hydroxylation sites is 2. The first-order valence-electron chi connectivity index (χ1n) is 10.4. The number of nitrogens with zero attached hydrogens (tertiary/aromatic N) is 3. The molecule has 2 N–H and O–H groups in total. The van der Waals surface area contributed by atoms with Crippen LogP contribution < -0.4 is 10.9 Å². The third-order valence-electron chi connectivity index (χ3n) is 5.10. The number of hydrogen-bond acceptors (Lipinski definition) is 4. The van der Waals surface area contributed by atoms with Gasteiger partial charge in [-0.3, -0.25) is 9.59 Å². The molecule has 3 aromatic rings. The molecule has 0 saturated heterocycles. The van der Waals surface area contributed by atoms with Gasteiger partial charge in [-0.05, 0) is 44.4 Å². The number of pyridine rings is 1. The molecule has 3 rings (SSSR count). The number of aromatic hydroxyl groups is 1. The molecule has 1 aromatic carbocycles. The zero-order valence-corrected chi connectivity index (χ0v) is 18.1. The molecule has 0 aliphatic heterocycles. The molecule has 2 aromatic heterocycles. The molecule has 7 heteroatoms. The fraction of sp³-hybridized carbons (Fsp3) is 0.435. The molecule has 0 aliphatic rings. The first-order chi connectivity index (χ1) is 14.3. The molecule has 0 fully saturated rings. The zero-order valence-electron chi connectivity index (χ0n) is 18.1. The fourth-order valence-electron chi connectivity index (χ4n) is 3.76. The number of aryl methyl sites for hydroxylation is 1. The van der Waals surface area contributed by atoms with Gasteiger partial charge in [-0.25, -0.2) is 4.98 Å². The number of carbonyl (C=O) groups is 1. The number of aromatic nitrogens is 3. The smallest absolute Gasteiger partial charge is 0.254 e. The van der Waals surface area contributed by atoms with Gasteiger partial charge in [-0.1, -0.05) is 26.0 Å². The number of amides is 1. The van der Waals surface area contributed by atoms with Crippen LogP contribution in [0.2, 0.25) is 0 Å². The minimum Gasteiger partial charge on any atom is -0.508 e. The second-order valence-electron chi connectivity index (χ2n) is 8.20. The van der Waals surface area contributed by atoms with Crippen molar-refractivity contribution in [3.8, 4) is 5.75 Å². The third-order valence-corrected chi connectivity index (χ3v) is 5.10. The SMILES string of the molecule is Cc1cc(O)cc(=O)n1CCCC(=O)N[C@@H](C)c1nc2ccccc2n1CC(C)C. The van der Waals surface area contributed by atoms with E-state index in [1.54, 1.807) is 17.6 Å². The second-order valence-corrected chi connectivity index (χ2v) is 8.20. The molecule has 2 heterocycles. The van der Waals surface area contributed by atoms with Crippen molar-refractivity contribution in [2.45, 2.75) is 59.7 Å². The molecule has 0 spiro atoms. The summed E-state index contributed by atoms with van der Waals surface area (Å²) in [6, 6.07) is 10.5. The van der Waals surface area contributed by atoms with Crippen molar-refractivity contribution in [3.05, 3.63) is 58.3 Å². The largest absolute Gasteiger partial charge is 0.508 e. The zero-order chi connectivity index (χ0) is 21.8. The van der Waals surface area contributed by atoms with Gasteiger partial charge < -0.3 is 19.6 Å². The Morgan fingerprint density at radius 1 is 1.17 bits per heavy atom. The Balaban J connectivity index is 1.65. The molecule has 30 heavy (non-hydrogen) atoms. The minimum atomic E-state index is -0.260. The molecule has 0 unspecified atom stereocenters. The van der Waals surface area contributed by atoms with Crippen molar-refractivity contribution in [3.63, 3.8) is 0 Å². The lowest BCUT2D eigenvalue weighted by atomic mass is 10.2. The van der Waals surface area contributed by atoms with E-state index in [0.29, 0.717) is 31.0 Å². The first-order valence-corrected chi connectivity index (χ1v) is 10.4. The number of hydrogen-bond donors (Lipinski definition) is 2. The monoisotopic (exact) mass is 410 g/mol. The van der Waals surface area contributed by atoms with Crippen LogP contribution in [-0.4, -0.2) is 25.1 Å². The van der Waals surface area contributed by atoms with Crippen LogP contribution in [0.25, 0.3) is 11.0 Å². The van der Waals surface area contributed by atoms with Crippen LogP contribution in [0.15, 0.2) is 41.2 Å². The summed E-state index contributed by atoms with van der Waals surface area (Å²) in [4.78, 5) is 29.3. The van der Waals surface area contributed by atoms with Gasteiger partial charge in [0.05, 0.1) is 17.1 Å². The van der Waals surface area contributed by atoms with Gasteiger partial charge in [0.2, 0.25) is 5.91 Å². The first kappa shape index (κ1) is 21.6. The van der Waals surface area contributed by atoms with E-state index in [4.69, 9.17) is 4.98 Å². The average molecular weight is 411 g/mol. The summed E-state index contributed by atoms with van der Waals surface area (Å²) in [5.41, 5.74) is 2.42. The van der Waals surface area contributed by atoms with Crippen LogP contribution in [0, 0.1) is 12.8 Å². The number of nitrogens with one attached hydrogen (secondary N) is 1. The summed E-state index contributed by atoms with van der Waals surface area (Å²) in [5.74, 6) is 1.19. The lowest BCUT2D eigenvalue weighted by Crippen LogP contribution is -2.29. The van der Waals surface area contributed by atoms with E-state index in [2.05, 4.69) is 29.8 Å². The van der Waals surface area contributed by atoms with Gasteiger partial charge in [0.25, 0.3) is 5.56 Å². The Morgan fingerprint density at radius 3 is 2.60 bits per heavy atom. The highest BCUT2D eigenvalue weighted by atomic mass is 16.3. The summed E-state index contributed by atoms with van der Waals surface area (Å²) in [6.07, 6.45) is 0.841. The van der Waals surface area contributed by atoms with Gasteiger partial charge in [0, 0.05) is 31.3 Å². The van der Waals surface area contributed by atoms with E-state index in [9.17, 15) is 14.7 Å². The maximum atomic E-state index is 12.5. The fourth-order valence-corrected chi connectivity index (χ4v) is 3.76. The van der Waals surface area contributed by atoms with Gasteiger partial charge in [0.1, 0.15) is 11.6 Å². The van der Waals surface area contributed by atoms with Gasteiger partial charge >= 0.3 is 0 Å². The molecule has 1 atom stereocenters. The number of rotatable bonds is 8. The van der Waals surface area contributed by atoms with E-state index in [0.717, 1.165) is 23.4 Å². The predicted octanol–water partition coefficient (Wildman–Crippen LogP) is 3.53. The molecule has 0 saturated carbocycles. The van der Waals surface area contributed by atoms with Gasteiger partial charge in [-0.2, -0.15) is 0 Å². The van der Waals surface area contributed by atoms with Crippen molar-refractivity contribution < 1.29 is 9.90 Å². The van der Waals surface area contributed by atoms with E-state index in [1.807, 2.05) is 25.1 Å². The highest BCUT2D eigenvalue weighted by Crippen LogP contribution is 2.22. The summed E-state index contributed by atoms with van der Waals surface area (Å²) >= 11 is 0. The standard InChI is InChI=1S/C23H30N4O3/c1-15(2)14-27-20-9-6-5-8-19(20)25-23(27)17(4)24-21(29)10-7-11-26-16(3)12-18(28)13-22(26)30/h5-6,8-9,12-13,15,17,28H,7,10-11,14H2,1-4H3,(H,24,29)/t17-/m0/s1. The van der Waals surface area contributed by atoms with Crippen molar-refractivity contribution in [2.75, 3.05) is 0 Å². The maximum absolute atomic E-state index is 12.5. The van der Waals surface area contributed by atoms with Crippen LogP contribution in [0.1, 0.15) is 51.2 Å². The second kappa shape index (κ2) is 9.15. The summed E-state index contributed by atoms with van der Waals surface area (Å²) in [7, 11) is 0. The summed E-state index contributed by atoms with van der Waals surface area (Å²) in [5, 5.41) is 12.5. The molecule has 1 amide bonds. The van der Waals surface area contributed by atoms with Gasteiger partial charge in [-0.15, -0.1) is 0 Å². The van der Waals surface area contributed by atoms with E-state index in [1.165, 1.54) is 6.07 Å². The lowest BCUT2D eigenvalue weighted by Gasteiger charge is -2.18. The predicted molar refractivity (Wildman–Crippen MR) is 117 cm³/mol. The topological polar surface area (TPSA) is 89.2 Å². The molecule has 0 radical (unpaired) electrons. The van der Waals surface area contributed by atoms with E-state index in [-0.39, 0.29) is 23.3 Å². The highest BCUT2D eigenvalue weighted by Gasteiger charge is 2.19. The molecular weight excluding hydrogens is 380 g/mol. The molecule has 160 valence electrons. The number of fused-ring (bicyclic) bond motifs is 1. The van der Waals surface area contributed by atoms with E-state index >= 15 is 0 Å². The number of carbonyl (C=O) groups excluding carboxylic acids is 1. The average Bonchev–Trinajstić information content (AvgIpc) is 3.02. The number of benzene rings is 1. The van der Waals surface area contributed by atoms with Crippen LogP contribution in [0.3, 0.4) is 0 Å². The molecule has 0 bridgehead atoms. The summed E-state index contributed by atoms with van der Waals surface area (Å²) in [6.45, 7) is 9.30. The quantitative estimate of drug-likeness (QED) is 0.595. The highest BCUT2D eigenvalue weighted by molar-refractivity contribution is 5.78. The minimum absolute atomic E-state index is 0.0374. The van der Waals surface area contributed by atoms with Crippen LogP contribution >= 0.6 is 0 Å². The molecule has 0 aliphatic carbocycles. The van der Waals surface area contributed by atoms with Crippen molar-refractivity contribution >= 4 is 16.9 Å². The van der Waals surface area contributed by atoms with Crippen LogP contribution in [-0.2, 0) is 17.9 Å². The Morgan fingerprint density at radius 2 is 1.90 bits per heavy atom. The van der Waals surface area contributed by atoms with Gasteiger partial charge in [0.15, 0.2) is 0 Å². The maximum Gasteiger partial charge on any atom is 0.254 e. The lowest BCUT2D eigenvalue weighted by molar-refractivity contribution is -0.121. The summed E-state index contributed by atoms with van der Waals surface area (Å²) < 4.78 is 3.75. The Bertz CT molecular complexity index is 1100. The molecule has 7 nitrogen and oxygen atoms in total. The number of imidazole rings is 1. The third kappa shape index (κ3) is 4.90. The Kier molecular flexibility index (Phi) is 6.59. The van der Waals surface area contributed by atoms with Crippen LogP contribution in [0.4, 0.5) is 0 Å². The van der Waals surface area contributed by atoms with E-state index < -0.39 is 0 Å². The Labute approximate surface area is 176 Å². The van der Waals surface area contributed by atoms with Crippen molar-refractivity contribution in [1.82, 2.24) is 19.4 Å².